The molecule has 14 heavy (non-hydrogen) atoms. The van der Waals surface area contributed by atoms with Crippen molar-refractivity contribution in [3.05, 3.63) is 12.2 Å². The van der Waals surface area contributed by atoms with Crippen molar-refractivity contribution in [3.8, 4) is 0 Å². The maximum atomic E-state index is 10.9. The number of carbonyl (C=O) groups is 1. The van der Waals surface area contributed by atoms with Crippen LogP contribution in [-0.2, 0) is 19.6 Å². The van der Waals surface area contributed by atoms with E-state index in [2.05, 4.69) is 17.4 Å². The van der Waals surface area contributed by atoms with Crippen LogP contribution < -0.4 is 0 Å². The van der Waals surface area contributed by atoms with Crippen molar-refractivity contribution in [1.82, 2.24) is 0 Å². The third-order valence-electron chi connectivity index (χ3n) is 1.22. The van der Waals surface area contributed by atoms with Crippen LogP contribution in [0.1, 0.15) is 13.8 Å². The second kappa shape index (κ2) is 5.38. The highest BCUT2D eigenvalue weighted by molar-refractivity contribution is 7.88. The Balaban J connectivity index is 4.65. The largest absolute Gasteiger partial charge is 0.439 e. The van der Waals surface area contributed by atoms with Gasteiger partial charge in [-0.15, -0.1) is 0 Å². The summed E-state index contributed by atoms with van der Waals surface area (Å²) in [6, 6.07) is 0. The van der Waals surface area contributed by atoms with Gasteiger partial charge in [0.15, 0.2) is 0 Å². The standard InChI is InChI=1S/C7H12O5S2/c1-3-4-6(8)12-7(5(2)13)14(9,10)11/h3-5,7,13H,1-2H3,(H,9,10,11). The molecule has 0 aromatic carbocycles. The number of hydrogen-bond acceptors (Lipinski definition) is 5. The second-order valence-electron chi connectivity index (χ2n) is 2.56. The van der Waals surface area contributed by atoms with Gasteiger partial charge in [0.2, 0.25) is 5.44 Å². The first-order chi connectivity index (χ1) is 6.29. The lowest BCUT2D eigenvalue weighted by molar-refractivity contribution is -0.139. The van der Waals surface area contributed by atoms with Crippen LogP contribution in [0.2, 0.25) is 0 Å². The molecule has 0 spiro atoms. The Kier molecular flexibility index (Phi) is 5.17. The third kappa shape index (κ3) is 4.64. The molecule has 0 fully saturated rings. The Bertz CT molecular complexity index is 317. The minimum atomic E-state index is -4.43. The van der Waals surface area contributed by atoms with E-state index >= 15 is 0 Å². The van der Waals surface area contributed by atoms with E-state index < -0.39 is 26.8 Å². The van der Waals surface area contributed by atoms with Gasteiger partial charge in [0.25, 0.3) is 0 Å². The molecule has 82 valence electrons. The molecule has 0 aromatic heterocycles. The number of ether oxygens (including phenoxy) is 1. The topological polar surface area (TPSA) is 80.7 Å². The highest BCUT2D eigenvalue weighted by Crippen LogP contribution is 2.12. The van der Waals surface area contributed by atoms with E-state index in [1.165, 1.54) is 13.0 Å². The van der Waals surface area contributed by atoms with Crippen LogP contribution in [0.3, 0.4) is 0 Å². The van der Waals surface area contributed by atoms with Gasteiger partial charge in [0, 0.05) is 6.08 Å². The van der Waals surface area contributed by atoms with E-state index in [4.69, 9.17) is 4.55 Å². The molecule has 0 aliphatic heterocycles. The minimum absolute atomic E-state index is 0.806. The van der Waals surface area contributed by atoms with Gasteiger partial charge < -0.3 is 4.74 Å². The van der Waals surface area contributed by atoms with Gasteiger partial charge in [-0.2, -0.15) is 21.0 Å². The second-order valence-corrected chi connectivity index (χ2v) is 4.87. The molecule has 0 aromatic rings. The van der Waals surface area contributed by atoms with Crippen LogP contribution >= 0.6 is 12.6 Å². The third-order valence-corrected chi connectivity index (χ3v) is 2.79. The van der Waals surface area contributed by atoms with Crippen molar-refractivity contribution in [2.45, 2.75) is 24.5 Å². The Labute approximate surface area is 88.3 Å². The van der Waals surface area contributed by atoms with Crippen molar-refractivity contribution < 1.29 is 22.5 Å². The molecule has 0 aliphatic rings. The lowest BCUT2D eigenvalue weighted by atomic mass is 10.5. The molecule has 0 bridgehead atoms. The van der Waals surface area contributed by atoms with Gasteiger partial charge >= 0.3 is 16.1 Å². The van der Waals surface area contributed by atoms with E-state index in [9.17, 15) is 13.2 Å². The highest BCUT2D eigenvalue weighted by Gasteiger charge is 2.30. The summed E-state index contributed by atoms with van der Waals surface area (Å²) in [5.41, 5.74) is -1.64. The van der Waals surface area contributed by atoms with Crippen molar-refractivity contribution in [2.75, 3.05) is 0 Å². The van der Waals surface area contributed by atoms with Crippen LogP contribution in [0.25, 0.3) is 0 Å². The molecule has 0 saturated heterocycles. The molecular weight excluding hydrogens is 228 g/mol. The maximum Gasteiger partial charge on any atom is 0.331 e. The quantitative estimate of drug-likeness (QED) is 0.326. The lowest BCUT2D eigenvalue weighted by Gasteiger charge is -2.16. The van der Waals surface area contributed by atoms with Crippen LogP contribution in [0.15, 0.2) is 12.2 Å². The zero-order valence-electron chi connectivity index (χ0n) is 7.75. The van der Waals surface area contributed by atoms with E-state index in [0.717, 1.165) is 6.08 Å². The Morgan fingerprint density at radius 3 is 2.36 bits per heavy atom. The monoisotopic (exact) mass is 240 g/mol. The molecule has 5 nitrogen and oxygen atoms in total. The average molecular weight is 240 g/mol. The fraction of sp³-hybridized carbons (Fsp3) is 0.571. The summed E-state index contributed by atoms with van der Waals surface area (Å²) in [6.45, 7) is 2.97. The molecule has 2 unspecified atom stereocenters. The Morgan fingerprint density at radius 2 is 2.07 bits per heavy atom. The average Bonchev–Trinajstić information content (AvgIpc) is 1.98. The van der Waals surface area contributed by atoms with Gasteiger partial charge in [-0.05, 0) is 13.8 Å². The molecule has 0 rings (SSSR count). The summed E-state index contributed by atoms with van der Waals surface area (Å²) in [4.78, 5) is 10.9. The fourth-order valence-corrected chi connectivity index (χ4v) is 1.93. The van der Waals surface area contributed by atoms with Crippen molar-refractivity contribution >= 4 is 28.7 Å². The molecule has 0 heterocycles. The number of esters is 1. The molecule has 0 radical (unpaired) electrons. The SMILES string of the molecule is CC=CC(=O)OC(C(C)S)S(=O)(=O)O. The van der Waals surface area contributed by atoms with E-state index in [0.29, 0.717) is 0 Å². The predicted molar refractivity (Wildman–Crippen MR) is 54.7 cm³/mol. The van der Waals surface area contributed by atoms with Crippen molar-refractivity contribution in [3.63, 3.8) is 0 Å². The Morgan fingerprint density at radius 1 is 1.57 bits per heavy atom. The summed E-state index contributed by atoms with van der Waals surface area (Å²) >= 11 is 3.79. The molecule has 0 aliphatic carbocycles. The van der Waals surface area contributed by atoms with Crippen LogP contribution in [0, 0.1) is 0 Å². The maximum absolute atomic E-state index is 10.9. The highest BCUT2D eigenvalue weighted by atomic mass is 32.2. The van der Waals surface area contributed by atoms with Crippen LogP contribution in [0.4, 0.5) is 0 Å². The first kappa shape index (κ1) is 13.5. The summed E-state index contributed by atoms with van der Waals surface area (Å²) in [6.07, 6.45) is 2.45. The summed E-state index contributed by atoms with van der Waals surface area (Å²) < 4.78 is 34.6. The zero-order chi connectivity index (χ0) is 11.4. The predicted octanol–water partition coefficient (Wildman–Crippen LogP) is 0.638. The number of carbonyl (C=O) groups excluding carboxylic acids is 1. The molecule has 2 atom stereocenters. The van der Waals surface area contributed by atoms with Crippen molar-refractivity contribution in [2.24, 2.45) is 0 Å². The van der Waals surface area contributed by atoms with Crippen LogP contribution in [0.5, 0.6) is 0 Å². The van der Waals surface area contributed by atoms with E-state index in [1.54, 1.807) is 6.92 Å². The number of hydrogen-bond donors (Lipinski definition) is 2. The van der Waals surface area contributed by atoms with Crippen LogP contribution in [-0.4, -0.2) is 29.6 Å². The molecule has 7 heteroatoms. The van der Waals surface area contributed by atoms with Gasteiger partial charge in [0.1, 0.15) is 0 Å². The smallest absolute Gasteiger partial charge is 0.331 e. The molecule has 0 amide bonds. The minimum Gasteiger partial charge on any atom is -0.439 e. The summed E-state index contributed by atoms with van der Waals surface area (Å²) in [5, 5.41) is -0.806. The van der Waals surface area contributed by atoms with Gasteiger partial charge in [-0.1, -0.05) is 6.08 Å². The molecule has 1 N–H and O–H groups in total. The first-order valence-electron chi connectivity index (χ1n) is 3.76. The molecular formula is C7H12O5S2. The van der Waals surface area contributed by atoms with E-state index in [1.807, 2.05) is 0 Å². The van der Waals surface area contributed by atoms with Gasteiger partial charge in [-0.25, -0.2) is 4.79 Å². The number of allylic oxidation sites excluding steroid dienone is 1. The first-order valence-corrected chi connectivity index (χ1v) is 5.78. The normalized spacial score (nSPS) is 16.6. The summed E-state index contributed by atoms with van der Waals surface area (Å²) in [5.74, 6) is -0.837. The lowest BCUT2D eigenvalue weighted by Crippen LogP contribution is -2.33. The van der Waals surface area contributed by atoms with Gasteiger partial charge in [-0.3, -0.25) is 4.55 Å². The molecule has 0 saturated carbocycles. The van der Waals surface area contributed by atoms with Crippen molar-refractivity contribution in [1.29, 1.82) is 0 Å². The fourth-order valence-electron chi connectivity index (χ4n) is 0.698. The van der Waals surface area contributed by atoms with E-state index in [-0.39, 0.29) is 0 Å². The number of thiol groups is 1. The van der Waals surface area contributed by atoms with Gasteiger partial charge in [0.05, 0.1) is 5.25 Å². The summed E-state index contributed by atoms with van der Waals surface area (Å²) in [7, 11) is -4.43. The zero-order valence-corrected chi connectivity index (χ0v) is 9.46. The number of rotatable bonds is 4. The Hall–Kier alpha value is -0.530.